The van der Waals surface area contributed by atoms with Gasteiger partial charge in [0.25, 0.3) is 0 Å². The average molecular weight is 429 g/mol. The molecule has 0 aliphatic carbocycles. The number of fused-ring (bicyclic) bond motifs is 1. The van der Waals surface area contributed by atoms with Crippen LogP contribution in [0, 0.1) is 5.92 Å². The summed E-state index contributed by atoms with van der Waals surface area (Å²) >= 11 is 1.46. The number of piperidine rings is 1. The summed E-state index contributed by atoms with van der Waals surface area (Å²) in [5.41, 5.74) is 2.40. The lowest BCUT2D eigenvalue weighted by atomic mass is 9.90. The van der Waals surface area contributed by atoms with Gasteiger partial charge in [-0.3, -0.25) is 15.0 Å². The number of likely N-dealkylation sites (tertiary alicyclic amines) is 1. The van der Waals surface area contributed by atoms with E-state index in [1.54, 1.807) is 0 Å². The number of nitrogens with one attached hydrogen (secondary N) is 1. The summed E-state index contributed by atoms with van der Waals surface area (Å²) in [7, 11) is 1.33. The Bertz CT molecular complexity index is 878. The van der Waals surface area contributed by atoms with Gasteiger partial charge in [0.2, 0.25) is 5.91 Å². The van der Waals surface area contributed by atoms with Gasteiger partial charge in [-0.15, -0.1) is 0 Å². The van der Waals surface area contributed by atoms with Gasteiger partial charge in [0.05, 0.1) is 19.3 Å². The van der Waals surface area contributed by atoms with Crippen molar-refractivity contribution in [3.63, 3.8) is 0 Å². The van der Waals surface area contributed by atoms with Crippen LogP contribution >= 0.6 is 11.3 Å². The molecule has 0 atom stereocenters. The Kier molecular flexibility index (Phi) is 6.64. The molecular formula is C22H28N4O3S. The summed E-state index contributed by atoms with van der Waals surface area (Å²) in [6.07, 6.45) is 3.53. The molecule has 0 saturated carbocycles. The Morgan fingerprint density at radius 3 is 2.70 bits per heavy atom. The number of carbonyl (C=O) groups excluding carboxylic acids is 2. The van der Waals surface area contributed by atoms with E-state index in [2.05, 4.69) is 50.3 Å². The van der Waals surface area contributed by atoms with Crippen LogP contribution in [0.25, 0.3) is 0 Å². The minimum absolute atomic E-state index is 0.217. The van der Waals surface area contributed by atoms with E-state index in [4.69, 9.17) is 0 Å². The fraction of sp³-hybridized carbons (Fsp3) is 0.500. The van der Waals surface area contributed by atoms with E-state index in [0.717, 1.165) is 55.9 Å². The largest absolute Gasteiger partial charge is 0.453 e. The van der Waals surface area contributed by atoms with Gasteiger partial charge in [0.15, 0.2) is 5.13 Å². The molecule has 8 heteroatoms. The molecule has 0 unspecified atom stereocenters. The number of hydrogen-bond donors (Lipinski definition) is 1. The van der Waals surface area contributed by atoms with E-state index in [9.17, 15) is 9.59 Å². The number of aromatic nitrogens is 1. The molecular weight excluding hydrogens is 400 g/mol. The van der Waals surface area contributed by atoms with Crippen molar-refractivity contribution in [3.05, 3.63) is 46.5 Å². The molecule has 30 heavy (non-hydrogen) atoms. The normalized spacial score (nSPS) is 17.4. The van der Waals surface area contributed by atoms with Crippen molar-refractivity contribution in [2.24, 2.45) is 5.92 Å². The van der Waals surface area contributed by atoms with Crippen LogP contribution < -0.4 is 5.32 Å². The van der Waals surface area contributed by atoms with Crippen molar-refractivity contribution >= 4 is 28.5 Å². The molecule has 7 nitrogen and oxygen atoms in total. The fourth-order valence-corrected chi connectivity index (χ4v) is 5.24. The van der Waals surface area contributed by atoms with Crippen molar-refractivity contribution in [2.45, 2.75) is 32.2 Å². The summed E-state index contributed by atoms with van der Waals surface area (Å²) < 4.78 is 4.62. The number of ether oxygens (including phenoxy) is 1. The van der Waals surface area contributed by atoms with Crippen molar-refractivity contribution in [1.82, 2.24) is 14.8 Å². The third kappa shape index (κ3) is 5.17. The van der Waals surface area contributed by atoms with Crippen LogP contribution in [0.2, 0.25) is 0 Å². The Morgan fingerprint density at radius 2 is 1.97 bits per heavy atom. The lowest BCUT2D eigenvalue weighted by molar-refractivity contribution is -0.134. The zero-order chi connectivity index (χ0) is 20.9. The third-order valence-corrected chi connectivity index (χ3v) is 6.90. The van der Waals surface area contributed by atoms with Crippen LogP contribution in [0.15, 0.2) is 30.3 Å². The first-order chi connectivity index (χ1) is 14.6. The predicted octanol–water partition coefficient (Wildman–Crippen LogP) is 3.16. The SMILES string of the molecule is COC(=O)Nc1nc2c(s1)CN(CC(=O)N1CCC(Cc3ccccc3)CC1)CC2. The molecule has 160 valence electrons. The number of hydrogen-bond acceptors (Lipinski definition) is 6. The summed E-state index contributed by atoms with van der Waals surface area (Å²) in [5, 5.41) is 3.19. The second kappa shape index (κ2) is 9.57. The second-order valence-electron chi connectivity index (χ2n) is 7.98. The highest BCUT2D eigenvalue weighted by Crippen LogP contribution is 2.28. The van der Waals surface area contributed by atoms with Crippen molar-refractivity contribution in [3.8, 4) is 0 Å². The van der Waals surface area contributed by atoms with Gasteiger partial charge in [-0.05, 0) is 30.7 Å². The number of thiazole rings is 1. The average Bonchev–Trinajstić information content (AvgIpc) is 3.16. The molecule has 3 heterocycles. The van der Waals surface area contributed by atoms with Gasteiger partial charge < -0.3 is 9.64 Å². The zero-order valence-electron chi connectivity index (χ0n) is 17.3. The highest BCUT2D eigenvalue weighted by Gasteiger charge is 2.27. The topological polar surface area (TPSA) is 74.8 Å². The smallest absolute Gasteiger partial charge is 0.413 e. The van der Waals surface area contributed by atoms with Gasteiger partial charge in [-0.1, -0.05) is 41.7 Å². The minimum Gasteiger partial charge on any atom is -0.453 e. The lowest BCUT2D eigenvalue weighted by Gasteiger charge is -2.34. The maximum atomic E-state index is 12.8. The number of amides is 2. The first-order valence-electron chi connectivity index (χ1n) is 10.5. The van der Waals surface area contributed by atoms with Crippen LogP contribution in [-0.2, 0) is 28.9 Å². The van der Waals surface area contributed by atoms with E-state index < -0.39 is 6.09 Å². The van der Waals surface area contributed by atoms with Crippen LogP contribution in [-0.4, -0.2) is 60.1 Å². The molecule has 2 amide bonds. The number of benzene rings is 1. The van der Waals surface area contributed by atoms with Crippen LogP contribution in [0.4, 0.5) is 9.93 Å². The number of carbonyl (C=O) groups is 2. The first-order valence-corrected chi connectivity index (χ1v) is 11.3. The van der Waals surface area contributed by atoms with Gasteiger partial charge in [0.1, 0.15) is 0 Å². The first kappa shape index (κ1) is 20.8. The quantitative estimate of drug-likeness (QED) is 0.792. The molecule has 4 rings (SSSR count). The molecule has 0 bridgehead atoms. The Labute approximate surface area is 181 Å². The monoisotopic (exact) mass is 428 g/mol. The molecule has 1 fully saturated rings. The number of methoxy groups -OCH3 is 1. The Hall–Kier alpha value is -2.45. The molecule has 2 aliphatic rings. The molecule has 0 radical (unpaired) electrons. The molecule has 0 spiro atoms. The summed E-state index contributed by atoms with van der Waals surface area (Å²) in [4.78, 5) is 34.0. The van der Waals surface area contributed by atoms with E-state index in [1.165, 1.54) is 24.0 Å². The standard InChI is InChI=1S/C22H28N4O3S/c1-29-22(28)24-21-23-18-9-10-25(14-19(18)30-21)15-20(27)26-11-7-17(8-12-26)13-16-5-3-2-4-6-16/h2-6,17H,7-15H2,1H3,(H,23,24,28). The van der Waals surface area contributed by atoms with E-state index in [-0.39, 0.29) is 5.91 Å². The van der Waals surface area contributed by atoms with Gasteiger partial charge in [-0.25, -0.2) is 9.78 Å². The van der Waals surface area contributed by atoms with Gasteiger partial charge in [0, 0.05) is 37.5 Å². The van der Waals surface area contributed by atoms with E-state index >= 15 is 0 Å². The van der Waals surface area contributed by atoms with Crippen LogP contribution in [0.3, 0.4) is 0 Å². The van der Waals surface area contributed by atoms with Crippen LogP contribution in [0.1, 0.15) is 29.0 Å². The Balaban J connectivity index is 1.24. The maximum absolute atomic E-state index is 12.8. The second-order valence-corrected chi connectivity index (χ2v) is 9.06. The Morgan fingerprint density at radius 1 is 1.20 bits per heavy atom. The summed E-state index contributed by atoms with van der Waals surface area (Å²) in [6, 6.07) is 10.6. The number of anilines is 1. The highest BCUT2D eigenvalue weighted by atomic mass is 32.1. The minimum atomic E-state index is -0.510. The number of rotatable bonds is 5. The van der Waals surface area contributed by atoms with Gasteiger partial charge in [-0.2, -0.15) is 0 Å². The predicted molar refractivity (Wildman–Crippen MR) is 117 cm³/mol. The van der Waals surface area contributed by atoms with Crippen molar-refractivity contribution in [2.75, 3.05) is 38.6 Å². The molecule has 2 aliphatic heterocycles. The highest BCUT2D eigenvalue weighted by molar-refractivity contribution is 7.15. The van der Waals surface area contributed by atoms with E-state index in [1.807, 2.05) is 4.90 Å². The van der Waals surface area contributed by atoms with E-state index in [0.29, 0.717) is 24.1 Å². The zero-order valence-corrected chi connectivity index (χ0v) is 18.1. The third-order valence-electron chi connectivity index (χ3n) is 5.90. The fourth-order valence-electron chi connectivity index (χ4n) is 4.20. The summed E-state index contributed by atoms with van der Waals surface area (Å²) in [6.45, 7) is 3.66. The van der Waals surface area contributed by atoms with Crippen molar-refractivity contribution < 1.29 is 14.3 Å². The molecule has 1 aromatic heterocycles. The number of nitrogens with zero attached hydrogens (tertiary/aromatic N) is 3. The molecule has 1 aromatic carbocycles. The van der Waals surface area contributed by atoms with Crippen LogP contribution in [0.5, 0.6) is 0 Å². The van der Waals surface area contributed by atoms with Gasteiger partial charge >= 0.3 is 6.09 Å². The van der Waals surface area contributed by atoms with Crippen molar-refractivity contribution in [1.29, 1.82) is 0 Å². The summed E-state index contributed by atoms with van der Waals surface area (Å²) in [5.74, 6) is 0.876. The molecule has 1 N–H and O–H groups in total. The molecule has 1 saturated heterocycles. The molecule has 2 aromatic rings. The lowest BCUT2D eigenvalue weighted by Crippen LogP contribution is -2.45. The maximum Gasteiger partial charge on any atom is 0.413 e.